The number of halogens is 2. The molecule has 0 saturated carbocycles. The van der Waals surface area contributed by atoms with Crippen LogP contribution in [0.1, 0.15) is 37.0 Å². The first-order chi connectivity index (χ1) is 9.49. The van der Waals surface area contributed by atoms with E-state index in [0.29, 0.717) is 22.6 Å². The lowest BCUT2D eigenvalue weighted by Crippen LogP contribution is -2.44. The minimum Gasteiger partial charge on any atom is -0.335 e. The molecule has 1 N–H and O–H groups in total. The zero-order valence-electron chi connectivity index (χ0n) is 11.8. The zero-order chi connectivity index (χ0) is 14.7. The number of hydrogen-bond acceptors (Lipinski definition) is 2. The molecule has 1 fully saturated rings. The summed E-state index contributed by atoms with van der Waals surface area (Å²) < 4.78 is 14.0. The molecule has 1 aliphatic rings. The van der Waals surface area contributed by atoms with E-state index in [0.717, 1.165) is 19.4 Å². The molecular formula is C15H20BrFN2O. The van der Waals surface area contributed by atoms with Crippen LogP contribution < -0.4 is 5.32 Å². The van der Waals surface area contributed by atoms with Crippen LogP contribution in [0.15, 0.2) is 22.7 Å². The molecule has 0 spiro atoms. The summed E-state index contributed by atoms with van der Waals surface area (Å²) in [5.74, 6) is -0.515. The Kier molecular flexibility index (Phi) is 5.16. The third-order valence-corrected chi connectivity index (χ3v) is 4.31. The van der Waals surface area contributed by atoms with Crippen molar-refractivity contribution in [3.63, 3.8) is 0 Å². The van der Waals surface area contributed by atoms with Gasteiger partial charge < -0.3 is 10.2 Å². The van der Waals surface area contributed by atoms with Gasteiger partial charge in [-0.3, -0.25) is 4.79 Å². The van der Waals surface area contributed by atoms with Gasteiger partial charge in [-0.2, -0.15) is 0 Å². The smallest absolute Gasteiger partial charge is 0.255 e. The van der Waals surface area contributed by atoms with Crippen molar-refractivity contribution in [3.8, 4) is 0 Å². The lowest BCUT2D eigenvalue weighted by molar-refractivity contribution is 0.0687. The minimum atomic E-state index is -0.390. The molecule has 1 atom stereocenters. The van der Waals surface area contributed by atoms with Crippen LogP contribution in [0.5, 0.6) is 0 Å². The van der Waals surface area contributed by atoms with Crippen LogP contribution in [0.2, 0.25) is 0 Å². The highest BCUT2D eigenvalue weighted by Gasteiger charge is 2.25. The quantitative estimate of drug-likeness (QED) is 0.911. The topological polar surface area (TPSA) is 32.3 Å². The maximum atomic E-state index is 13.4. The maximum absolute atomic E-state index is 13.4. The van der Waals surface area contributed by atoms with Crippen LogP contribution in [0.3, 0.4) is 0 Å². The van der Waals surface area contributed by atoms with Crippen LogP contribution in [0.25, 0.3) is 0 Å². The summed E-state index contributed by atoms with van der Waals surface area (Å²) in [6, 6.07) is 4.64. The van der Waals surface area contributed by atoms with E-state index in [1.54, 1.807) is 6.07 Å². The Labute approximate surface area is 127 Å². The molecule has 0 aromatic heterocycles. The standard InChI is InChI=1S/C15H20BrFN2O/c1-10(2)19(9-12-4-3-7-18-12)15(20)13-8-11(17)5-6-14(13)16/h5-6,8,10,12,18H,3-4,7,9H2,1-2H3. The minimum absolute atomic E-state index is 0.0834. The molecule has 1 amide bonds. The second-order valence-corrected chi connectivity index (χ2v) is 6.32. The molecule has 1 unspecified atom stereocenters. The van der Waals surface area contributed by atoms with Gasteiger partial charge in [0.1, 0.15) is 5.82 Å². The third-order valence-electron chi connectivity index (χ3n) is 3.62. The van der Waals surface area contributed by atoms with Crippen molar-refractivity contribution in [2.24, 2.45) is 0 Å². The molecule has 0 aliphatic carbocycles. The summed E-state index contributed by atoms with van der Waals surface area (Å²) in [6.07, 6.45) is 2.23. The number of carbonyl (C=O) groups is 1. The van der Waals surface area contributed by atoms with Crippen LogP contribution in [0.4, 0.5) is 4.39 Å². The Hall–Kier alpha value is -0.940. The summed E-state index contributed by atoms with van der Waals surface area (Å²) in [7, 11) is 0. The average molecular weight is 343 g/mol. The average Bonchev–Trinajstić information content (AvgIpc) is 2.90. The Balaban J connectivity index is 2.19. The summed E-state index contributed by atoms with van der Waals surface area (Å²) >= 11 is 3.33. The molecule has 1 aliphatic heterocycles. The van der Waals surface area contributed by atoms with Crippen LogP contribution in [-0.4, -0.2) is 36.0 Å². The first-order valence-electron chi connectivity index (χ1n) is 6.98. The summed E-state index contributed by atoms with van der Waals surface area (Å²) in [5, 5.41) is 3.39. The van der Waals surface area contributed by atoms with E-state index in [9.17, 15) is 9.18 Å². The molecule has 1 aromatic carbocycles. The van der Waals surface area contributed by atoms with E-state index in [1.165, 1.54) is 12.1 Å². The van der Waals surface area contributed by atoms with E-state index >= 15 is 0 Å². The number of benzene rings is 1. The molecule has 110 valence electrons. The molecule has 20 heavy (non-hydrogen) atoms. The van der Waals surface area contributed by atoms with Gasteiger partial charge in [0.25, 0.3) is 5.91 Å². The van der Waals surface area contributed by atoms with Gasteiger partial charge >= 0.3 is 0 Å². The molecule has 1 saturated heterocycles. The van der Waals surface area contributed by atoms with E-state index in [1.807, 2.05) is 18.7 Å². The molecule has 0 bridgehead atoms. The Morgan fingerprint density at radius 3 is 2.90 bits per heavy atom. The van der Waals surface area contributed by atoms with Gasteiger partial charge in [0.05, 0.1) is 5.56 Å². The molecule has 1 heterocycles. The number of nitrogens with one attached hydrogen (secondary N) is 1. The summed E-state index contributed by atoms with van der Waals surface area (Å²) in [4.78, 5) is 14.5. The van der Waals surface area contributed by atoms with Crippen LogP contribution in [0, 0.1) is 5.82 Å². The second-order valence-electron chi connectivity index (χ2n) is 5.47. The van der Waals surface area contributed by atoms with Crippen LogP contribution >= 0.6 is 15.9 Å². The Morgan fingerprint density at radius 2 is 2.30 bits per heavy atom. The van der Waals surface area contributed by atoms with Crippen molar-refractivity contribution >= 4 is 21.8 Å². The highest BCUT2D eigenvalue weighted by atomic mass is 79.9. The summed E-state index contributed by atoms with van der Waals surface area (Å²) in [6.45, 7) is 5.65. The fraction of sp³-hybridized carbons (Fsp3) is 0.533. The van der Waals surface area contributed by atoms with Crippen molar-refractivity contribution in [1.29, 1.82) is 0 Å². The van der Waals surface area contributed by atoms with E-state index < -0.39 is 0 Å². The van der Waals surface area contributed by atoms with Crippen molar-refractivity contribution in [2.75, 3.05) is 13.1 Å². The first-order valence-corrected chi connectivity index (χ1v) is 7.77. The summed E-state index contributed by atoms with van der Waals surface area (Å²) in [5.41, 5.74) is 0.386. The van der Waals surface area contributed by atoms with Gasteiger partial charge in [0.15, 0.2) is 0 Å². The molecule has 2 rings (SSSR count). The number of rotatable bonds is 4. The fourth-order valence-electron chi connectivity index (χ4n) is 2.49. The third kappa shape index (κ3) is 3.58. The lowest BCUT2D eigenvalue weighted by Gasteiger charge is -2.30. The van der Waals surface area contributed by atoms with Crippen molar-refractivity contribution in [1.82, 2.24) is 10.2 Å². The molecular weight excluding hydrogens is 323 g/mol. The van der Waals surface area contributed by atoms with E-state index in [2.05, 4.69) is 21.2 Å². The molecule has 0 radical (unpaired) electrons. The van der Waals surface area contributed by atoms with E-state index in [4.69, 9.17) is 0 Å². The number of carbonyl (C=O) groups excluding carboxylic acids is 1. The van der Waals surface area contributed by atoms with Crippen molar-refractivity contribution < 1.29 is 9.18 Å². The molecule has 1 aromatic rings. The van der Waals surface area contributed by atoms with Crippen molar-refractivity contribution in [3.05, 3.63) is 34.1 Å². The number of amides is 1. The highest BCUT2D eigenvalue weighted by molar-refractivity contribution is 9.10. The second kappa shape index (κ2) is 6.68. The van der Waals surface area contributed by atoms with Gasteiger partial charge in [-0.15, -0.1) is 0 Å². The first kappa shape index (κ1) is 15.4. The van der Waals surface area contributed by atoms with Crippen molar-refractivity contribution in [2.45, 2.75) is 38.8 Å². The normalized spacial score (nSPS) is 18.6. The van der Waals surface area contributed by atoms with Gasteiger partial charge in [0, 0.05) is 23.1 Å². The van der Waals surface area contributed by atoms with Gasteiger partial charge in [0.2, 0.25) is 0 Å². The lowest BCUT2D eigenvalue weighted by atomic mass is 10.1. The van der Waals surface area contributed by atoms with Gasteiger partial charge in [-0.1, -0.05) is 0 Å². The highest BCUT2D eigenvalue weighted by Crippen LogP contribution is 2.21. The SMILES string of the molecule is CC(C)N(CC1CCCN1)C(=O)c1cc(F)ccc1Br. The Bertz CT molecular complexity index is 487. The molecule has 3 nitrogen and oxygen atoms in total. The predicted octanol–water partition coefficient (Wildman–Crippen LogP) is 3.19. The fourth-order valence-corrected chi connectivity index (χ4v) is 2.91. The zero-order valence-corrected chi connectivity index (χ0v) is 13.4. The largest absolute Gasteiger partial charge is 0.335 e. The number of hydrogen-bond donors (Lipinski definition) is 1. The van der Waals surface area contributed by atoms with Gasteiger partial charge in [-0.05, 0) is 67.4 Å². The maximum Gasteiger partial charge on any atom is 0.255 e. The van der Waals surface area contributed by atoms with Gasteiger partial charge in [-0.25, -0.2) is 4.39 Å². The Morgan fingerprint density at radius 1 is 1.55 bits per heavy atom. The molecule has 5 heteroatoms. The monoisotopic (exact) mass is 342 g/mol. The predicted molar refractivity (Wildman–Crippen MR) is 81.3 cm³/mol. The van der Waals surface area contributed by atoms with E-state index in [-0.39, 0.29) is 17.8 Å². The van der Waals surface area contributed by atoms with Crippen LogP contribution in [-0.2, 0) is 0 Å². The number of nitrogens with zero attached hydrogens (tertiary/aromatic N) is 1.